The second-order valence-electron chi connectivity index (χ2n) is 4.07. The summed E-state index contributed by atoms with van der Waals surface area (Å²) in [5, 5.41) is 14.3. The normalized spacial score (nSPS) is 32.7. The Bertz CT molecular complexity index is 273. The first kappa shape index (κ1) is 9.30. The Morgan fingerprint density at radius 2 is 2.07 bits per heavy atom. The van der Waals surface area contributed by atoms with Crippen LogP contribution in [0.15, 0.2) is 0 Å². The number of hydrogen-bond donors (Lipinski definition) is 3. The molecule has 1 aliphatic carbocycles. The van der Waals surface area contributed by atoms with Gasteiger partial charge in [0.1, 0.15) is 0 Å². The van der Waals surface area contributed by atoms with Gasteiger partial charge in [-0.15, -0.1) is 0 Å². The molecule has 2 amide bonds. The largest absolute Gasteiger partial charge is 0.479 e. The van der Waals surface area contributed by atoms with Crippen LogP contribution in [0.1, 0.15) is 25.7 Å². The van der Waals surface area contributed by atoms with Crippen LogP contribution in [0.4, 0.5) is 4.79 Å². The van der Waals surface area contributed by atoms with Crippen LogP contribution in [0.2, 0.25) is 0 Å². The minimum Gasteiger partial charge on any atom is -0.479 e. The van der Waals surface area contributed by atoms with E-state index >= 15 is 0 Å². The lowest BCUT2D eigenvalue weighted by Crippen LogP contribution is -2.56. The van der Waals surface area contributed by atoms with Crippen molar-refractivity contribution in [2.75, 3.05) is 6.54 Å². The van der Waals surface area contributed by atoms with Gasteiger partial charge in [-0.05, 0) is 18.8 Å². The first-order valence-corrected chi connectivity index (χ1v) is 4.94. The van der Waals surface area contributed by atoms with Crippen molar-refractivity contribution in [2.45, 2.75) is 31.2 Å². The number of carbonyl (C=O) groups is 2. The molecular formula is C9H14N2O3. The zero-order valence-corrected chi connectivity index (χ0v) is 7.88. The SMILES string of the molecule is O=C1NCC(C(=O)O)(C2CCCC2)N1. The van der Waals surface area contributed by atoms with E-state index in [1.54, 1.807) is 0 Å². The zero-order chi connectivity index (χ0) is 10.2. The lowest BCUT2D eigenvalue weighted by Gasteiger charge is -2.29. The van der Waals surface area contributed by atoms with Gasteiger partial charge >= 0.3 is 12.0 Å². The van der Waals surface area contributed by atoms with Crippen LogP contribution >= 0.6 is 0 Å². The van der Waals surface area contributed by atoms with Crippen molar-refractivity contribution in [1.82, 2.24) is 10.6 Å². The molecule has 3 N–H and O–H groups in total. The Balaban J connectivity index is 2.21. The summed E-state index contributed by atoms with van der Waals surface area (Å²) in [5.41, 5.74) is -1.05. The van der Waals surface area contributed by atoms with Gasteiger partial charge in [-0.25, -0.2) is 9.59 Å². The maximum atomic E-state index is 11.2. The van der Waals surface area contributed by atoms with E-state index in [1.165, 1.54) is 0 Å². The van der Waals surface area contributed by atoms with Gasteiger partial charge in [0.15, 0.2) is 5.54 Å². The van der Waals surface area contributed by atoms with Gasteiger partial charge in [-0.2, -0.15) is 0 Å². The van der Waals surface area contributed by atoms with Gasteiger partial charge in [-0.1, -0.05) is 12.8 Å². The number of rotatable bonds is 2. The number of carboxylic acid groups (broad SMARTS) is 1. The highest BCUT2D eigenvalue weighted by Gasteiger charge is 2.51. The van der Waals surface area contributed by atoms with E-state index in [-0.39, 0.29) is 18.5 Å². The van der Waals surface area contributed by atoms with Gasteiger partial charge in [-0.3, -0.25) is 0 Å². The Morgan fingerprint density at radius 3 is 2.50 bits per heavy atom. The second-order valence-corrected chi connectivity index (χ2v) is 4.07. The van der Waals surface area contributed by atoms with E-state index < -0.39 is 11.5 Å². The minimum absolute atomic E-state index is 0.0824. The molecule has 2 rings (SSSR count). The Morgan fingerprint density at radius 1 is 1.43 bits per heavy atom. The molecule has 0 aromatic carbocycles. The molecule has 0 spiro atoms. The predicted molar refractivity (Wildman–Crippen MR) is 48.9 cm³/mol. The fraction of sp³-hybridized carbons (Fsp3) is 0.778. The van der Waals surface area contributed by atoms with Gasteiger partial charge in [0.25, 0.3) is 0 Å². The summed E-state index contributed by atoms with van der Waals surface area (Å²) in [5.74, 6) is -0.832. The predicted octanol–water partition coefficient (Wildman–Crippen LogP) is 0.313. The topological polar surface area (TPSA) is 78.4 Å². The molecule has 14 heavy (non-hydrogen) atoms. The van der Waals surface area contributed by atoms with Gasteiger partial charge in [0.05, 0.1) is 6.54 Å². The molecule has 2 fully saturated rings. The Hall–Kier alpha value is -1.26. The number of carboxylic acids is 1. The summed E-state index contributed by atoms with van der Waals surface area (Å²) in [4.78, 5) is 22.2. The number of urea groups is 1. The quantitative estimate of drug-likeness (QED) is 0.597. The molecule has 1 heterocycles. The first-order chi connectivity index (χ1) is 6.65. The smallest absolute Gasteiger partial charge is 0.331 e. The molecule has 0 radical (unpaired) electrons. The second kappa shape index (κ2) is 3.15. The third kappa shape index (κ3) is 1.23. The monoisotopic (exact) mass is 198 g/mol. The molecule has 1 saturated heterocycles. The van der Waals surface area contributed by atoms with E-state index in [4.69, 9.17) is 0 Å². The summed E-state index contributed by atoms with van der Waals surface area (Å²) in [6, 6.07) is -0.362. The molecule has 78 valence electrons. The average Bonchev–Trinajstić information content (AvgIpc) is 2.71. The first-order valence-electron chi connectivity index (χ1n) is 4.94. The van der Waals surface area contributed by atoms with Crippen LogP contribution in [0, 0.1) is 5.92 Å². The summed E-state index contributed by atoms with van der Waals surface area (Å²) in [6.45, 7) is 0.214. The van der Waals surface area contributed by atoms with E-state index in [1.807, 2.05) is 0 Å². The fourth-order valence-electron chi connectivity index (χ4n) is 2.48. The molecular weight excluding hydrogens is 184 g/mol. The van der Waals surface area contributed by atoms with Crippen LogP contribution in [-0.2, 0) is 4.79 Å². The van der Waals surface area contributed by atoms with Crippen LogP contribution in [-0.4, -0.2) is 29.2 Å². The molecule has 0 bridgehead atoms. The maximum Gasteiger partial charge on any atom is 0.331 e. The molecule has 1 unspecified atom stereocenters. The van der Waals surface area contributed by atoms with Crippen molar-refractivity contribution in [3.8, 4) is 0 Å². The minimum atomic E-state index is -1.05. The van der Waals surface area contributed by atoms with E-state index in [0.717, 1.165) is 25.7 Å². The number of carbonyl (C=O) groups excluding carboxylic acids is 1. The molecule has 0 aromatic heterocycles. The number of aliphatic carboxylic acids is 1. The molecule has 1 atom stereocenters. The van der Waals surface area contributed by atoms with Crippen LogP contribution in [0.3, 0.4) is 0 Å². The maximum absolute atomic E-state index is 11.2. The third-order valence-electron chi connectivity index (χ3n) is 3.30. The van der Waals surface area contributed by atoms with Gasteiger partial charge in [0, 0.05) is 0 Å². The van der Waals surface area contributed by atoms with Crippen LogP contribution < -0.4 is 10.6 Å². The molecule has 2 aliphatic rings. The average molecular weight is 198 g/mol. The molecule has 5 nitrogen and oxygen atoms in total. The number of amides is 2. The number of nitrogens with one attached hydrogen (secondary N) is 2. The van der Waals surface area contributed by atoms with Crippen molar-refractivity contribution in [2.24, 2.45) is 5.92 Å². The van der Waals surface area contributed by atoms with E-state index in [2.05, 4.69) is 10.6 Å². The lowest BCUT2D eigenvalue weighted by atomic mass is 9.83. The highest BCUT2D eigenvalue weighted by atomic mass is 16.4. The van der Waals surface area contributed by atoms with Gasteiger partial charge < -0.3 is 15.7 Å². The fourth-order valence-corrected chi connectivity index (χ4v) is 2.48. The summed E-state index contributed by atoms with van der Waals surface area (Å²) in [6.07, 6.45) is 3.92. The molecule has 1 saturated carbocycles. The van der Waals surface area contributed by atoms with Crippen molar-refractivity contribution in [3.05, 3.63) is 0 Å². The van der Waals surface area contributed by atoms with Crippen molar-refractivity contribution in [1.29, 1.82) is 0 Å². The van der Waals surface area contributed by atoms with Crippen LogP contribution in [0.25, 0.3) is 0 Å². The highest BCUT2D eigenvalue weighted by Crippen LogP contribution is 2.35. The lowest BCUT2D eigenvalue weighted by molar-refractivity contribution is -0.145. The third-order valence-corrected chi connectivity index (χ3v) is 3.30. The Kier molecular flexibility index (Phi) is 2.09. The standard InChI is InChI=1S/C9H14N2O3/c12-7(13)9(5-10-8(14)11-9)6-3-1-2-4-6/h6H,1-5H2,(H,12,13)(H2,10,11,14). The van der Waals surface area contributed by atoms with Crippen molar-refractivity contribution >= 4 is 12.0 Å². The van der Waals surface area contributed by atoms with Crippen molar-refractivity contribution in [3.63, 3.8) is 0 Å². The zero-order valence-electron chi connectivity index (χ0n) is 7.88. The van der Waals surface area contributed by atoms with E-state index in [0.29, 0.717) is 0 Å². The summed E-state index contributed by atoms with van der Waals surface area (Å²) >= 11 is 0. The van der Waals surface area contributed by atoms with E-state index in [9.17, 15) is 14.7 Å². The molecule has 0 aromatic rings. The Labute approximate surface area is 81.9 Å². The number of hydrogen-bond acceptors (Lipinski definition) is 2. The van der Waals surface area contributed by atoms with Crippen LogP contribution in [0.5, 0.6) is 0 Å². The summed E-state index contributed by atoms with van der Waals surface area (Å²) in [7, 11) is 0. The van der Waals surface area contributed by atoms with Gasteiger partial charge in [0.2, 0.25) is 0 Å². The molecule has 5 heteroatoms. The summed E-state index contributed by atoms with van der Waals surface area (Å²) < 4.78 is 0. The molecule has 1 aliphatic heterocycles. The van der Waals surface area contributed by atoms with Crippen molar-refractivity contribution < 1.29 is 14.7 Å². The highest BCUT2D eigenvalue weighted by molar-refractivity contribution is 5.90.